The molecule has 0 bridgehead atoms. The van der Waals surface area contributed by atoms with Gasteiger partial charge in [-0.25, -0.2) is 0 Å². The highest BCUT2D eigenvalue weighted by atomic mass is 32.1. The van der Waals surface area contributed by atoms with Crippen molar-refractivity contribution >= 4 is 28.9 Å². The van der Waals surface area contributed by atoms with Gasteiger partial charge in [0.05, 0.1) is 14.2 Å². The van der Waals surface area contributed by atoms with E-state index in [2.05, 4.69) is 52.4 Å². The molecule has 0 aliphatic rings. The number of hydrogen-bond acceptors (Lipinski definition) is 10. The number of anilines is 2. The Kier molecular flexibility index (Phi) is 8.47. The third-order valence-corrected chi connectivity index (χ3v) is 5.65. The summed E-state index contributed by atoms with van der Waals surface area (Å²) in [6.45, 7) is 7.83. The van der Waals surface area contributed by atoms with Crippen molar-refractivity contribution in [2.75, 3.05) is 52.0 Å². The maximum absolute atomic E-state index is 12.9. The SMILES string of the molecule is COc1nc(NCCN(C)C)nc(OC)c1NC(=O)c1csc(Oc2cccc(C(C)(C)C)c2)n1. The molecule has 2 aromatic heterocycles. The molecule has 1 amide bonds. The largest absolute Gasteiger partial charge is 0.479 e. The van der Waals surface area contributed by atoms with E-state index in [-0.39, 0.29) is 28.6 Å². The first-order valence-corrected chi connectivity index (χ1v) is 11.9. The molecule has 0 unspecified atom stereocenters. The lowest BCUT2D eigenvalue weighted by Crippen LogP contribution is -2.22. The number of amides is 1. The number of carbonyl (C=O) groups excluding carboxylic acids is 1. The molecule has 0 fully saturated rings. The predicted octanol–water partition coefficient (Wildman–Crippen LogP) is 4.27. The molecule has 0 atom stereocenters. The number of likely N-dealkylation sites (N-methyl/N-ethyl adjacent to an activating group) is 1. The van der Waals surface area contributed by atoms with Gasteiger partial charge in [-0.2, -0.15) is 15.0 Å². The van der Waals surface area contributed by atoms with Gasteiger partial charge in [0.25, 0.3) is 11.1 Å². The number of methoxy groups -OCH3 is 2. The minimum atomic E-state index is -0.465. The average molecular weight is 501 g/mol. The molecule has 0 saturated heterocycles. The molecule has 2 heterocycles. The zero-order valence-corrected chi connectivity index (χ0v) is 21.9. The Morgan fingerprint density at radius 3 is 2.37 bits per heavy atom. The van der Waals surface area contributed by atoms with E-state index in [0.29, 0.717) is 23.4 Å². The van der Waals surface area contributed by atoms with Gasteiger partial charge in [0.1, 0.15) is 11.4 Å². The standard InChI is InChI=1S/C24H32N6O4S/c1-24(2,3)15-9-8-10-16(13-15)34-23-26-17(14-35-23)19(31)27-18-20(32-6)28-22(29-21(18)33-7)25-11-12-30(4)5/h8-10,13-14H,11-12H2,1-7H3,(H,27,31)(H,25,28,29). The third-order valence-electron chi connectivity index (χ3n) is 4.93. The van der Waals surface area contributed by atoms with Crippen molar-refractivity contribution in [2.45, 2.75) is 26.2 Å². The smallest absolute Gasteiger partial charge is 0.279 e. The van der Waals surface area contributed by atoms with Gasteiger partial charge < -0.3 is 29.7 Å². The van der Waals surface area contributed by atoms with Gasteiger partial charge in [-0.15, -0.1) is 0 Å². The third kappa shape index (κ3) is 7.03. The molecule has 11 heteroatoms. The number of hydrogen-bond donors (Lipinski definition) is 2. The summed E-state index contributed by atoms with van der Waals surface area (Å²) in [6, 6.07) is 7.83. The molecule has 10 nitrogen and oxygen atoms in total. The van der Waals surface area contributed by atoms with Gasteiger partial charge in [-0.05, 0) is 37.2 Å². The van der Waals surface area contributed by atoms with Crippen molar-refractivity contribution in [1.29, 1.82) is 0 Å². The summed E-state index contributed by atoms with van der Waals surface area (Å²) in [6.07, 6.45) is 0. The van der Waals surface area contributed by atoms with Crippen LogP contribution in [0.1, 0.15) is 36.8 Å². The molecule has 0 radical (unpaired) electrons. The molecule has 0 aliphatic heterocycles. The van der Waals surface area contributed by atoms with E-state index in [0.717, 1.165) is 12.1 Å². The van der Waals surface area contributed by atoms with Gasteiger partial charge >= 0.3 is 0 Å². The van der Waals surface area contributed by atoms with Crippen LogP contribution in [0.25, 0.3) is 0 Å². The Balaban J connectivity index is 1.74. The molecule has 0 saturated carbocycles. The highest BCUT2D eigenvalue weighted by Crippen LogP contribution is 2.34. The molecule has 3 rings (SSSR count). The fourth-order valence-electron chi connectivity index (χ4n) is 3.01. The van der Waals surface area contributed by atoms with Gasteiger partial charge in [0, 0.05) is 18.5 Å². The summed E-state index contributed by atoms with van der Waals surface area (Å²) < 4.78 is 16.7. The number of ether oxygens (including phenoxy) is 3. The van der Waals surface area contributed by atoms with E-state index >= 15 is 0 Å². The molecule has 188 valence electrons. The van der Waals surface area contributed by atoms with Crippen molar-refractivity contribution in [3.8, 4) is 22.7 Å². The zero-order valence-electron chi connectivity index (χ0n) is 21.1. The first kappa shape index (κ1) is 26.2. The number of rotatable bonds is 10. The summed E-state index contributed by atoms with van der Waals surface area (Å²) in [7, 11) is 6.86. The number of aromatic nitrogens is 3. The average Bonchev–Trinajstić information content (AvgIpc) is 3.27. The van der Waals surface area contributed by atoms with Crippen molar-refractivity contribution in [3.05, 3.63) is 40.9 Å². The zero-order chi connectivity index (χ0) is 25.6. The summed E-state index contributed by atoms with van der Waals surface area (Å²) >= 11 is 1.23. The first-order chi connectivity index (χ1) is 16.6. The monoisotopic (exact) mass is 500 g/mol. The van der Waals surface area contributed by atoms with Gasteiger partial charge in [-0.3, -0.25) is 4.79 Å². The highest BCUT2D eigenvalue weighted by molar-refractivity contribution is 7.11. The molecular weight excluding hydrogens is 468 g/mol. The minimum absolute atomic E-state index is 0.00903. The lowest BCUT2D eigenvalue weighted by atomic mass is 9.87. The van der Waals surface area contributed by atoms with Crippen LogP contribution >= 0.6 is 11.3 Å². The first-order valence-electron chi connectivity index (χ1n) is 11.0. The second-order valence-corrected chi connectivity index (χ2v) is 9.82. The fraction of sp³-hybridized carbons (Fsp3) is 0.417. The van der Waals surface area contributed by atoms with Crippen molar-refractivity contribution in [2.24, 2.45) is 0 Å². The quantitative estimate of drug-likeness (QED) is 0.422. The topological polar surface area (TPSA) is 111 Å². The van der Waals surface area contributed by atoms with Crippen LogP contribution in [0.3, 0.4) is 0 Å². The van der Waals surface area contributed by atoms with Crippen LogP contribution in [0.2, 0.25) is 0 Å². The van der Waals surface area contributed by atoms with Gasteiger partial charge in [0.2, 0.25) is 17.7 Å². The Bertz CT molecular complexity index is 1130. The van der Waals surface area contributed by atoms with Crippen molar-refractivity contribution in [1.82, 2.24) is 19.9 Å². The second kappa shape index (κ2) is 11.3. The Morgan fingerprint density at radius 1 is 1.09 bits per heavy atom. The second-order valence-electron chi connectivity index (χ2n) is 9.00. The van der Waals surface area contributed by atoms with Crippen LogP contribution < -0.4 is 24.8 Å². The molecule has 1 aromatic carbocycles. The maximum atomic E-state index is 12.9. The van der Waals surface area contributed by atoms with E-state index in [4.69, 9.17) is 14.2 Å². The van der Waals surface area contributed by atoms with Crippen LogP contribution in [0.5, 0.6) is 22.7 Å². The van der Waals surface area contributed by atoms with Crippen LogP contribution in [0.15, 0.2) is 29.6 Å². The van der Waals surface area contributed by atoms with Crippen LogP contribution in [-0.4, -0.2) is 67.2 Å². The van der Waals surface area contributed by atoms with E-state index in [9.17, 15) is 4.79 Å². The summed E-state index contributed by atoms with van der Waals surface area (Å²) in [5, 5.41) is 7.84. The summed E-state index contributed by atoms with van der Waals surface area (Å²) in [4.78, 5) is 27.9. The van der Waals surface area contributed by atoms with Crippen LogP contribution in [0, 0.1) is 0 Å². The number of carbonyl (C=O) groups is 1. The highest BCUT2D eigenvalue weighted by Gasteiger charge is 2.21. The summed E-state index contributed by atoms with van der Waals surface area (Å²) in [5.74, 6) is 0.868. The van der Waals surface area contributed by atoms with E-state index in [1.54, 1.807) is 5.38 Å². The number of nitrogens with one attached hydrogen (secondary N) is 2. The maximum Gasteiger partial charge on any atom is 0.279 e. The van der Waals surface area contributed by atoms with Gasteiger partial charge in [0.15, 0.2) is 5.69 Å². The number of nitrogens with zero attached hydrogens (tertiary/aromatic N) is 4. The van der Waals surface area contributed by atoms with Crippen molar-refractivity contribution < 1.29 is 19.0 Å². The fourth-order valence-corrected chi connectivity index (χ4v) is 3.67. The minimum Gasteiger partial charge on any atom is -0.479 e. The lowest BCUT2D eigenvalue weighted by Gasteiger charge is -2.19. The van der Waals surface area contributed by atoms with Crippen LogP contribution in [-0.2, 0) is 5.41 Å². The van der Waals surface area contributed by atoms with E-state index in [1.807, 2.05) is 37.2 Å². The molecule has 0 aliphatic carbocycles. The molecule has 2 N–H and O–H groups in total. The Morgan fingerprint density at radius 2 is 1.77 bits per heavy atom. The van der Waals surface area contributed by atoms with Crippen molar-refractivity contribution in [3.63, 3.8) is 0 Å². The molecular formula is C24H32N6O4S. The van der Waals surface area contributed by atoms with Gasteiger partial charge in [-0.1, -0.05) is 44.2 Å². The van der Waals surface area contributed by atoms with E-state index in [1.165, 1.54) is 25.6 Å². The normalized spacial score (nSPS) is 11.3. The molecule has 35 heavy (non-hydrogen) atoms. The van der Waals surface area contributed by atoms with Crippen LogP contribution in [0.4, 0.5) is 11.6 Å². The van der Waals surface area contributed by atoms with E-state index < -0.39 is 5.91 Å². The molecule has 3 aromatic rings. The Hall–Kier alpha value is -3.44. The lowest BCUT2D eigenvalue weighted by molar-refractivity contribution is 0.102. The number of benzene rings is 1. The number of thiazole rings is 1. The summed E-state index contributed by atoms with van der Waals surface area (Å²) in [5.41, 5.74) is 1.54. The Labute approximate surface area is 209 Å². The predicted molar refractivity (Wildman–Crippen MR) is 137 cm³/mol. The molecule has 0 spiro atoms.